The van der Waals surface area contributed by atoms with Crippen molar-refractivity contribution < 1.29 is 4.74 Å². The summed E-state index contributed by atoms with van der Waals surface area (Å²) in [5, 5.41) is 29.2. The highest BCUT2D eigenvalue weighted by Gasteiger charge is 2.27. The van der Waals surface area contributed by atoms with Gasteiger partial charge < -0.3 is 20.7 Å². The lowest BCUT2D eigenvalue weighted by Gasteiger charge is -2.22. The van der Waals surface area contributed by atoms with Gasteiger partial charge in [-0.3, -0.25) is 47.1 Å². The van der Waals surface area contributed by atoms with Crippen LogP contribution in [0.1, 0.15) is 85.8 Å². The second-order valence-corrected chi connectivity index (χ2v) is 36.7. The van der Waals surface area contributed by atoms with Gasteiger partial charge >= 0.3 is 6.01 Å². The van der Waals surface area contributed by atoms with Crippen LogP contribution in [0.4, 0.5) is 17.1 Å². The second kappa shape index (κ2) is 39.3. The van der Waals surface area contributed by atoms with Crippen LogP contribution in [0.2, 0.25) is 5.02 Å². The number of nitrogens with zero attached hydrogens (tertiary/aromatic N) is 18. The van der Waals surface area contributed by atoms with Gasteiger partial charge in [-0.2, -0.15) is 15.3 Å². The molecule has 3 N–H and O–H groups in total. The molecule has 0 radical (unpaired) electrons. The topological polar surface area (TPSA) is 306 Å². The van der Waals surface area contributed by atoms with Crippen LogP contribution in [0.3, 0.4) is 0 Å². The number of nitrogens with one attached hydrogen (secondary N) is 3. The van der Waals surface area contributed by atoms with Crippen molar-refractivity contribution in [3.8, 4) is 62.1 Å². The number of benzene rings is 8. The summed E-state index contributed by atoms with van der Waals surface area (Å²) in [4.78, 5) is 103. The summed E-state index contributed by atoms with van der Waals surface area (Å²) in [6, 6.07) is 78.1. The maximum absolute atomic E-state index is 14.2. The fourth-order valence-corrected chi connectivity index (χ4v) is 20.6. The SMILES string of the molecule is COc1ncc(-c2cccc3cc([C@H](C)Nc4ccnc5scnc45)n(-c4ccccc4)c(=O)c23)cn1.C[C@H](Cc1nccc2scnc12)c1cc2cccc(-c3ccnnc3)c2c(=O)n1-c1ccccc1.C[C@H](Nc1ccnc2scnc12)c1cc2cccc(-c3cnn(C)c3)c2c(=O)n1-c1ccccc1.Cc1cccc(-n2c([C@H](C)Nc3ccnc4scnc34)cc3cccc(Cl)c3c2=O)c1. The molecule has 0 aliphatic heterocycles. The molecule has 0 fully saturated rings. The van der Waals surface area contributed by atoms with Crippen molar-refractivity contribution in [2.24, 2.45) is 7.05 Å². The molecule has 23 aromatic rings. The van der Waals surface area contributed by atoms with E-state index in [0.717, 1.165) is 170 Å². The smallest absolute Gasteiger partial charge is 0.316 e. The number of thiazole rings is 4. The fraction of sp³-hybridized carbons (Fsp3) is 0.112. The van der Waals surface area contributed by atoms with Crippen molar-refractivity contribution in [2.45, 2.75) is 65.1 Å². The van der Waals surface area contributed by atoms with E-state index in [1.165, 1.54) is 41.1 Å². The first kappa shape index (κ1) is 89.5. The predicted molar refractivity (Wildman–Crippen MR) is 557 cm³/mol. The van der Waals surface area contributed by atoms with Crippen LogP contribution in [0.5, 0.6) is 6.01 Å². The average molecular weight is 1910 g/mol. The third-order valence-electron chi connectivity index (χ3n) is 24.1. The normalized spacial score (nSPS) is 12.2. The van der Waals surface area contributed by atoms with Crippen molar-refractivity contribution in [1.29, 1.82) is 0 Å². The van der Waals surface area contributed by atoms with Gasteiger partial charge in [-0.15, -0.1) is 45.3 Å². The molecular formula is C107H84ClN21O5S4. The van der Waals surface area contributed by atoms with Crippen molar-refractivity contribution in [2.75, 3.05) is 23.1 Å². The van der Waals surface area contributed by atoms with Gasteiger partial charge in [-0.1, -0.05) is 152 Å². The highest BCUT2D eigenvalue weighted by atomic mass is 35.5. The Hall–Kier alpha value is -16.4. The van der Waals surface area contributed by atoms with Gasteiger partial charge in [0.25, 0.3) is 22.2 Å². The van der Waals surface area contributed by atoms with Gasteiger partial charge in [0, 0.05) is 119 Å². The van der Waals surface area contributed by atoms with Crippen LogP contribution in [0, 0.1) is 6.92 Å². The molecule has 0 bridgehead atoms. The quantitative estimate of drug-likeness (QED) is 0.0638. The molecular weight excluding hydrogens is 1820 g/mol. The molecule has 0 amide bonds. The molecule has 138 heavy (non-hydrogen) atoms. The molecule has 0 spiro atoms. The minimum Gasteiger partial charge on any atom is -0.467 e. The number of ether oxygens (including phenoxy) is 1. The molecule has 23 rings (SSSR count). The Labute approximate surface area is 809 Å². The Morgan fingerprint density at radius 3 is 1.25 bits per heavy atom. The third kappa shape index (κ3) is 17.9. The lowest BCUT2D eigenvalue weighted by Crippen LogP contribution is -2.26. The van der Waals surface area contributed by atoms with Crippen molar-refractivity contribution in [3.05, 3.63) is 407 Å². The maximum Gasteiger partial charge on any atom is 0.316 e. The number of methoxy groups -OCH3 is 1. The van der Waals surface area contributed by atoms with Crippen LogP contribution < -0.4 is 42.9 Å². The van der Waals surface area contributed by atoms with E-state index in [1.54, 1.807) is 102 Å². The number of aryl methyl sites for hydroxylation is 2. The van der Waals surface area contributed by atoms with E-state index in [1.807, 2.05) is 269 Å². The molecule has 15 aromatic heterocycles. The lowest BCUT2D eigenvalue weighted by molar-refractivity contribution is 0.380. The Balaban J connectivity index is 0.000000114. The molecule has 0 saturated carbocycles. The van der Waals surface area contributed by atoms with Crippen molar-refractivity contribution in [3.63, 3.8) is 0 Å². The Morgan fingerprint density at radius 2 is 0.783 bits per heavy atom. The van der Waals surface area contributed by atoms with Crippen molar-refractivity contribution >= 4 is 158 Å². The minimum atomic E-state index is -0.211. The molecule has 0 saturated heterocycles. The Kier molecular flexibility index (Phi) is 25.5. The predicted octanol–water partition coefficient (Wildman–Crippen LogP) is 23.1. The zero-order chi connectivity index (χ0) is 94.6. The van der Waals surface area contributed by atoms with E-state index in [2.05, 4.69) is 113 Å². The summed E-state index contributed by atoms with van der Waals surface area (Å²) in [6.45, 7) is 10.3. The maximum atomic E-state index is 14.2. The zero-order valence-corrected chi connectivity index (χ0v) is 79.3. The molecule has 0 unspecified atom stereocenters. The van der Waals surface area contributed by atoms with E-state index in [-0.39, 0.29) is 52.3 Å². The first-order valence-corrected chi connectivity index (χ1v) is 48.1. The molecule has 26 nitrogen and oxygen atoms in total. The van der Waals surface area contributed by atoms with E-state index in [4.69, 9.17) is 16.3 Å². The van der Waals surface area contributed by atoms with Crippen LogP contribution >= 0.6 is 56.9 Å². The van der Waals surface area contributed by atoms with Gasteiger partial charge in [-0.25, -0.2) is 44.9 Å². The van der Waals surface area contributed by atoms with Gasteiger partial charge in [0.05, 0.1) is 120 Å². The molecule has 8 aromatic carbocycles. The summed E-state index contributed by atoms with van der Waals surface area (Å²) < 4.78 is 15.1. The van der Waals surface area contributed by atoms with Gasteiger partial charge in [0.1, 0.15) is 36.6 Å². The first-order chi connectivity index (χ1) is 67.5. The summed E-state index contributed by atoms with van der Waals surface area (Å²) in [7, 11) is 3.40. The van der Waals surface area contributed by atoms with E-state index in [0.29, 0.717) is 33.0 Å². The number of rotatable bonds is 20. The zero-order valence-electron chi connectivity index (χ0n) is 75.3. The van der Waals surface area contributed by atoms with E-state index < -0.39 is 0 Å². The van der Waals surface area contributed by atoms with E-state index >= 15 is 0 Å². The number of para-hydroxylation sites is 3. The molecule has 4 atom stereocenters. The number of hydrogen-bond acceptors (Lipinski definition) is 25. The number of halogens is 1. The van der Waals surface area contributed by atoms with Crippen LogP contribution in [0.15, 0.2) is 346 Å². The minimum absolute atomic E-state index is 0.0263. The molecule has 0 aliphatic carbocycles. The number of fused-ring (bicyclic) bond motifs is 8. The number of hydrogen-bond donors (Lipinski definition) is 3. The number of pyridine rings is 8. The largest absolute Gasteiger partial charge is 0.467 e. The molecule has 678 valence electrons. The second-order valence-electron chi connectivity index (χ2n) is 32.9. The highest BCUT2D eigenvalue weighted by Crippen LogP contribution is 2.39. The Morgan fingerprint density at radius 1 is 0.370 bits per heavy atom. The standard InChI is InChI=1S/C28H22N6O2S.C28H21N5OS.C27H22N6OS.C24H19ClN4OS/c1-17(33-22-11-12-29-26-25(22)32-16-37-26)23-13-18-7-6-10-21(19-14-30-28(36-2)31-15-19)24(18)27(35)34(23)20-8-4-3-5-9-20;1-18(14-23-27-25(11-12-29-23)35-17-30-27)24-15-19-6-5-9-22(20-10-13-31-32-16-20)26(19)28(34)33(24)21-7-3-2-4-8-21;1-17(31-22-11-12-28-26-25(22)29-16-35-26)23-13-18-7-6-10-21(19-14-30-32(2)15-19)24(18)27(34)33(23)20-8-4-3-5-9-20;1-14-5-3-7-17(11-14)29-20(12-16-6-4-8-18(25)21(16)24(29)30)15(2)28-19-9-10-26-23-22(19)27-13-31-23/h3-17H,1-2H3,(H,29,33);2-13,15-18H,14H2,1H3;3-17H,1-2H3,(H,28,31);3-13,15H,1-2H3,(H,26,28)/t17-;18-;17-;15-/m0100/s1. The average Bonchev–Trinajstić information content (AvgIpc) is 1.14. The molecule has 15 heterocycles. The van der Waals surface area contributed by atoms with E-state index in [9.17, 15) is 19.2 Å². The highest BCUT2D eigenvalue weighted by molar-refractivity contribution is 7.17. The lowest BCUT2D eigenvalue weighted by atomic mass is 9.95. The van der Waals surface area contributed by atoms with Crippen molar-refractivity contribution in [1.82, 2.24) is 88.1 Å². The Bertz CT molecular complexity index is 8740. The third-order valence-corrected chi connectivity index (χ3v) is 27.4. The molecule has 31 heteroatoms. The van der Waals surface area contributed by atoms with Crippen LogP contribution in [-0.4, -0.2) is 95.2 Å². The van der Waals surface area contributed by atoms with Crippen LogP contribution in [-0.2, 0) is 13.5 Å². The summed E-state index contributed by atoms with van der Waals surface area (Å²) >= 11 is 12.5. The van der Waals surface area contributed by atoms with Gasteiger partial charge in [0.15, 0.2) is 0 Å². The summed E-state index contributed by atoms with van der Waals surface area (Å²) in [5.41, 5.74) is 26.6. The van der Waals surface area contributed by atoms with Gasteiger partial charge in [-0.05, 0) is 187 Å². The van der Waals surface area contributed by atoms with Crippen LogP contribution in [0.25, 0.3) is 140 Å². The number of anilines is 3. The first-order valence-electron chi connectivity index (χ1n) is 44.2. The summed E-state index contributed by atoms with van der Waals surface area (Å²) in [6.07, 6.45) is 18.2. The fourth-order valence-electron chi connectivity index (χ4n) is 17.6. The molecule has 0 aliphatic rings. The van der Waals surface area contributed by atoms with Gasteiger partial charge in [0.2, 0.25) is 0 Å². The summed E-state index contributed by atoms with van der Waals surface area (Å²) in [5.74, 6) is 0.0263. The number of aromatic nitrogens is 18. The monoisotopic (exact) mass is 1910 g/mol.